The summed E-state index contributed by atoms with van der Waals surface area (Å²) in [6.07, 6.45) is 1.93. The van der Waals surface area contributed by atoms with Gasteiger partial charge in [-0.3, -0.25) is 0 Å². The van der Waals surface area contributed by atoms with Gasteiger partial charge in [0.05, 0.1) is 11.9 Å². The third-order valence-electron chi connectivity index (χ3n) is 3.74. The minimum Gasteiger partial charge on any atom is -0.348 e. The van der Waals surface area contributed by atoms with Gasteiger partial charge in [0.15, 0.2) is 0 Å². The van der Waals surface area contributed by atoms with Crippen LogP contribution < -0.4 is 10.2 Å². The number of aromatic nitrogens is 2. The lowest BCUT2D eigenvalue weighted by atomic mass is 9.94. The van der Waals surface area contributed by atoms with Crippen molar-refractivity contribution in [2.75, 3.05) is 19.0 Å². The highest BCUT2D eigenvalue weighted by Crippen LogP contribution is 2.23. The number of rotatable bonds is 5. The van der Waals surface area contributed by atoms with Gasteiger partial charge in [-0.1, -0.05) is 28.1 Å². The van der Waals surface area contributed by atoms with Gasteiger partial charge in [-0.2, -0.15) is 0 Å². The number of anilines is 1. The predicted octanol–water partition coefficient (Wildman–Crippen LogP) is 3.27. The fourth-order valence-corrected chi connectivity index (χ4v) is 2.56. The van der Waals surface area contributed by atoms with Gasteiger partial charge < -0.3 is 14.8 Å². The number of hydrogen-bond acceptors (Lipinski definition) is 3. The van der Waals surface area contributed by atoms with Gasteiger partial charge >= 0.3 is 0 Å². The average molecular weight is 351 g/mol. The summed E-state index contributed by atoms with van der Waals surface area (Å²) in [6, 6.07) is 8.44. The molecule has 114 valence electrons. The largest absolute Gasteiger partial charge is 0.348 e. The predicted molar refractivity (Wildman–Crippen MR) is 91.5 cm³/mol. The van der Waals surface area contributed by atoms with E-state index in [0.717, 1.165) is 17.0 Å². The van der Waals surface area contributed by atoms with Crippen LogP contribution in [-0.4, -0.2) is 23.6 Å². The smallest absolute Gasteiger partial charge is 0.204 e. The normalized spacial score (nSPS) is 11.7. The summed E-state index contributed by atoms with van der Waals surface area (Å²) in [7, 11) is 6.06. The number of hydrogen-bond donors (Lipinski definition) is 1. The molecule has 1 N–H and O–H groups in total. The van der Waals surface area contributed by atoms with Crippen molar-refractivity contribution in [3.63, 3.8) is 0 Å². The van der Waals surface area contributed by atoms with Crippen molar-refractivity contribution in [1.82, 2.24) is 14.9 Å². The number of halogens is 1. The maximum atomic E-state index is 4.44. The van der Waals surface area contributed by atoms with Gasteiger partial charge in [0.2, 0.25) is 5.95 Å². The van der Waals surface area contributed by atoms with E-state index < -0.39 is 0 Å². The molecular weight excluding hydrogens is 328 g/mol. The SMILES string of the molecule is CN(C)c1ncc(CNC(C)(C)c2ccc(Br)cc2)n1C. The van der Waals surface area contributed by atoms with Crippen LogP contribution >= 0.6 is 15.9 Å². The van der Waals surface area contributed by atoms with Crippen LogP contribution in [0.15, 0.2) is 34.9 Å². The standard InChI is InChI=1S/C16H23BrN4/c1-16(2,12-6-8-13(17)9-7-12)19-11-14-10-18-15(20(3)4)21(14)5/h6-10,19H,11H2,1-5H3. The lowest BCUT2D eigenvalue weighted by Gasteiger charge is -2.27. The molecule has 5 heteroatoms. The molecule has 0 saturated heterocycles. The van der Waals surface area contributed by atoms with Crippen molar-refractivity contribution in [3.05, 3.63) is 46.2 Å². The molecular formula is C16H23BrN4. The third-order valence-corrected chi connectivity index (χ3v) is 4.27. The van der Waals surface area contributed by atoms with Crippen molar-refractivity contribution < 1.29 is 0 Å². The second-order valence-corrected chi connectivity index (χ2v) is 6.90. The Hall–Kier alpha value is -1.33. The van der Waals surface area contributed by atoms with Crippen LogP contribution in [0.2, 0.25) is 0 Å². The molecule has 0 bridgehead atoms. The minimum absolute atomic E-state index is 0.0940. The number of nitrogens with one attached hydrogen (secondary N) is 1. The quantitative estimate of drug-likeness (QED) is 0.898. The molecule has 0 amide bonds. The maximum absolute atomic E-state index is 4.44. The summed E-state index contributed by atoms with van der Waals surface area (Å²) < 4.78 is 3.22. The third kappa shape index (κ3) is 3.66. The minimum atomic E-state index is -0.0940. The van der Waals surface area contributed by atoms with Crippen LogP contribution in [-0.2, 0) is 19.1 Å². The second-order valence-electron chi connectivity index (χ2n) is 5.99. The maximum Gasteiger partial charge on any atom is 0.204 e. The summed E-state index contributed by atoms with van der Waals surface area (Å²) in [6.45, 7) is 5.17. The summed E-state index contributed by atoms with van der Waals surface area (Å²) in [5, 5.41) is 3.61. The first-order valence-electron chi connectivity index (χ1n) is 7.00. The van der Waals surface area contributed by atoms with E-state index in [-0.39, 0.29) is 5.54 Å². The highest BCUT2D eigenvalue weighted by atomic mass is 79.9. The summed E-state index contributed by atoms with van der Waals surface area (Å²) in [4.78, 5) is 6.46. The van der Waals surface area contributed by atoms with Crippen molar-refractivity contribution in [2.45, 2.75) is 25.9 Å². The fourth-order valence-electron chi connectivity index (χ4n) is 2.29. The zero-order valence-electron chi connectivity index (χ0n) is 13.3. The molecule has 0 radical (unpaired) electrons. The molecule has 0 unspecified atom stereocenters. The van der Waals surface area contributed by atoms with E-state index in [0.29, 0.717) is 0 Å². The van der Waals surface area contributed by atoms with E-state index in [4.69, 9.17) is 0 Å². The van der Waals surface area contributed by atoms with Gasteiger partial charge in [-0.05, 0) is 31.5 Å². The molecule has 1 aromatic carbocycles. The highest BCUT2D eigenvalue weighted by Gasteiger charge is 2.20. The summed E-state index contributed by atoms with van der Waals surface area (Å²) >= 11 is 3.48. The van der Waals surface area contributed by atoms with E-state index in [1.807, 2.05) is 32.2 Å². The van der Waals surface area contributed by atoms with E-state index in [9.17, 15) is 0 Å². The van der Waals surface area contributed by atoms with Crippen molar-refractivity contribution in [2.24, 2.45) is 7.05 Å². The first-order valence-corrected chi connectivity index (χ1v) is 7.79. The van der Waals surface area contributed by atoms with E-state index in [1.54, 1.807) is 0 Å². The molecule has 2 rings (SSSR count). The Morgan fingerprint density at radius 3 is 2.38 bits per heavy atom. The number of benzene rings is 1. The van der Waals surface area contributed by atoms with Crippen molar-refractivity contribution in [1.29, 1.82) is 0 Å². The molecule has 0 aliphatic carbocycles. The van der Waals surface area contributed by atoms with Crippen molar-refractivity contribution >= 4 is 21.9 Å². The molecule has 4 nitrogen and oxygen atoms in total. The topological polar surface area (TPSA) is 33.1 Å². The van der Waals surface area contributed by atoms with Crippen LogP contribution in [0.3, 0.4) is 0 Å². The Kier molecular flexibility index (Phi) is 4.74. The van der Waals surface area contributed by atoms with Gasteiger partial charge in [0.1, 0.15) is 0 Å². The Balaban J connectivity index is 2.09. The van der Waals surface area contributed by atoms with Crippen LogP contribution in [0.4, 0.5) is 5.95 Å². The zero-order valence-corrected chi connectivity index (χ0v) is 14.9. The molecule has 0 fully saturated rings. The Morgan fingerprint density at radius 1 is 1.24 bits per heavy atom. The van der Waals surface area contributed by atoms with Crippen LogP contribution in [0, 0.1) is 0 Å². The first-order chi connectivity index (χ1) is 9.81. The second kappa shape index (κ2) is 6.20. The van der Waals surface area contributed by atoms with Crippen LogP contribution in [0.5, 0.6) is 0 Å². The molecule has 2 aromatic rings. The molecule has 1 heterocycles. The van der Waals surface area contributed by atoms with Crippen LogP contribution in [0.25, 0.3) is 0 Å². The zero-order chi connectivity index (χ0) is 15.6. The average Bonchev–Trinajstić information content (AvgIpc) is 2.78. The molecule has 0 aliphatic rings. The number of nitrogens with zero attached hydrogens (tertiary/aromatic N) is 3. The van der Waals surface area contributed by atoms with E-state index >= 15 is 0 Å². The van der Waals surface area contributed by atoms with E-state index in [1.165, 1.54) is 11.3 Å². The fraction of sp³-hybridized carbons (Fsp3) is 0.438. The van der Waals surface area contributed by atoms with Crippen LogP contribution in [0.1, 0.15) is 25.1 Å². The molecule has 0 aliphatic heterocycles. The molecule has 1 aromatic heterocycles. The molecule has 0 spiro atoms. The van der Waals surface area contributed by atoms with Crippen molar-refractivity contribution in [3.8, 4) is 0 Å². The van der Waals surface area contributed by atoms with Gasteiger partial charge in [-0.15, -0.1) is 0 Å². The molecule has 21 heavy (non-hydrogen) atoms. The first kappa shape index (κ1) is 16.0. The Morgan fingerprint density at radius 2 is 1.86 bits per heavy atom. The van der Waals surface area contributed by atoms with Gasteiger partial charge in [-0.25, -0.2) is 4.98 Å². The van der Waals surface area contributed by atoms with Gasteiger partial charge in [0.25, 0.3) is 0 Å². The van der Waals surface area contributed by atoms with E-state index in [2.05, 4.69) is 68.9 Å². The lowest BCUT2D eigenvalue weighted by molar-refractivity contribution is 0.395. The highest BCUT2D eigenvalue weighted by molar-refractivity contribution is 9.10. The summed E-state index contributed by atoms with van der Waals surface area (Å²) in [5.41, 5.74) is 2.34. The summed E-state index contributed by atoms with van der Waals surface area (Å²) in [5.74, 6) is 0.966. The monoisotopic (exact) mass is 350 g/mol. The number of imidazole rings is 1. The lowest BCUT2D eigenvalue weighted by Crippen LogP contribution is -2.36. The Labute approximate surface area is 135 Å². The molecule has 0 saturated carbocycles. The Bertz CT molecular complexity index is 599. The molecule has 0 atom stereocenters. The van der Waals surface area contributed by atoms with Gasteiger partial charge in [0, 0.05) is 37.7 Å².